The molecule has 0 saturated heterocycles. The van der Waals surface area contributed by atoms with Crippen LogP contribution in [0.5, 0.6) is 0 Å². The van der Waals surface area contributed by atoms with Gasteiger partial charge < -0.3 is 10.4 Å². The van der Waals surface area contributed by atoms with Crippen LogP contribution in [0.25, 0.3) is 0 Å². The monoisotopic (exact) mass is 225 g/mol. The van der Waals surface area contributed by atoms with Crippen molar-refractivity contribution < 1.29 is 9.90 Å². The topological polar surface area (TPSA) is 49.3 Å². The Hall–Kier alpha value is -1.22. The van der Waals surface area contributed by atoms with Gasteiger partial charge in [0.1, 0.15) is 5.54 Å². The van der Waals surface area contributed by atoms with Crippen molar-refractivity contribution in [3.05, 3.63) is 29.3 Å². The van der Waals surface area contributed by atoms with Crippen LogP contribution in [0.2, 0.25) is 5.02 Å². The summed E-state index contributed by atoms with van der Waals surface area (Å²) in [5.74, 6) is -0.798. The predicted octanol–water partition coefficient (Wildman–Crippen LogP) is 2.76. The van der Waals surface area contributed by atoms with E-state index in [1.54, 1.807) is 12.1 Å². The van der Waals surface area contributed by atoms with Crippen molar-refractivity contribution in [1.29, 1.82) is 0 Å². The zero-order chi connectivity index (χ0) is 10.9. The van der Waals surface area contributed by atoms with E-state index in [-0.39, 0.29) is 0 Å². The quantitative estimate of drug-likeness (QED) is 0.832. The van der Waals surface area contributed by atoms with Gasteiger partial charge in [-0.05, 0) is 31.4 Å². The fraction of sp³-hybridized carbons (Fsp3) is 0.364. The maximum atomic E-state index is 11.1. The number of carbonyl (C=O) groups is 1. The van der Waals surface area contributed by atoms with E-state index in [4.69, 9.17) is 16.7 Å². The van der Waals surface area contributed by atoms with Gasteiger partial charge in [0.15, 0.2) is 0 Å². The third-order valence-electron chi connectivity index (χ3n) is 2.86. The van der Waals surface area contributed by atoms with E-state index in [9.17, 15) is 4.79 Å². The van der Waals surface area contributed by atoms with Crippen molar-refractivity contribution in [2.75, 3.05) is 5.32 Å². The molecule has 0 unspecified atom stereocenters. The second-order valence-corrected chi connectivity index (χ2v) is 4.25. The first-order valence-corrected chi connectivity index (χ1v) is 5.28. The minimum absolute atomic E-state index is 0.560. The van der Waals surface area contributed by atoms with Gasteiger partial charge in [0.2, 0.25) is 0 Å². The maximum Gasteiger partial charge on any atom is 0.329 e. The molecule has 0 atom stereocenters. The lowest BCUT2D eigenvalue weighted by atomic mass is 9.76. The molecule has 0 spiro atoms. The number of aliphatic carboxylic acids is 1. The fourth-order valence-corrected chi connectivity index (χ4v) is 1.93. The van der Waals surface area contributed by atoms with Crippen LogP contribution >= 0.6 is 11.6 Å². The lowest BCUT2D eigenvalue weighted by molar-refractivity contribution is -0.145. The molecule has 1 aliphatic carbocycles. The Morgan fingerprint density at radius 3 is 2.53 bits per heavy atom. The number of halogens is 1. The third-order valence-corrected chi connectivity index (χ3v) is 3.19. The Morgan fingerprint density at radius 1 is 1.40 bits per heavy atom. The van der Waals surface area contributed by atoms with Crippen LogP contribution in [0, 0.1) is 0 Å². The van der Waals surface area contributed by atoms with E-state index in [1.807, 2.05) is 12.1 Å². The number of rotatable bonds is 3. The molecular formula is C11H12ClNO2. The van der Waals surface area contributed by atoms with E-state index in [0.717, 1.165) is 6.42 Å². The number of nitrogens with one attached hydrogen (secondary N) is 1. The molecule has 1 fully saturated rings. The van der Waals surface area contributed by atoms with E-state index in [0.29, 0.717) is 23.6 Å². The lowest BCUT2D eigenvalue weighted by Crippen LogP contribution is -2.52. The largest absolute Gasteiger partial charge is 0.480 e. The molecule has 0 amide bonds. The Morgan fingerprint density at radius 2 is 2.07 bits per heavy atom. The van der Waals surface area contributed by atoms with Crippen LogP contribution in [0.1, 0.15) is 19.3 Å². The van der Waals surface area contributed by atoms with Gasteiger partial charge in [-0.15, -0.1) is 0 Å². The van der Waals surface area contributed by atoms with Crippen LogP contribution < -0.4 is 5.32 Å². The number of para-hydroxylation sites is 1. The summed E-state index contributed by atoms with van der Waals surface area (Å²) >= 11 is 5.96. The van der Waals surface area contributed by atoms with Crippen molar-refractivity contribution in [2.24, 2.45) is 0 Å². The van der Waals surface area contributed by atoms with Crippen LogP contribution in [-0.4, -0.2) is 16.6 Å². The van der Waals surface area contributed by atoms with E-state index in [2.05, 4.69) is 5.32 Å². The normalized spacial score (nSPS) is 17.9. The molecule has 0 heterocycles. The highest BCUT2D eigenvalue weighted by Crippen LogP contribution is 2.37. The first-order valence-electron chi connectivity index (χ1n) is 4.90. The molecule has 2 N–H and O–H groups in total. The maximum absolute atomic E-state index is 11.1. The average Bonchev–Trinajstić information content (AvgIpc) is 2.13. The van der Waals surface area contributed by atoms with Crippen molar-refractivity contribution in [3.63, 3.8) is 0 Å². The van der Waals surface area contributed by atoms with Gasteiger partial charge in [0.05, 0.1) is 10.7 Å². The SMILES string of the molecule is O=C(O)C1(Nc2ccccc2Cl)CCC1. The number of hydrogen-bond acceptors (Lipinski definition) is 2. The summed E-state index contributed by atoms with van der Waals surface area (Å²) in [6, 6.07) is 7.20. The van der Waals surface area contributed by atoms with E-state index < -0.39 is 11.5 Å². The summed E-state index contributed by atoms with van der Waals surface area (Å²) in [7, 11) is 0. The molecular weight excluding hydrogens is 214 g/mol. The Balaban J connectivity index is 2.21. The standard InChI is InChI=1S/C11H12ClNO2/c12-8-4-1-2-5-9(8)13-11(10(14)15)6-3-7-11/h1-2,4-5,13H,3,6-7H2,(H,14,15). The average molecular weight is 226 g/mol. The molecule has 80 valence electrons. The van der Waals surface area contributed by atoms with Crippen LogP contribution in [-0.2, 0) is 4.79 Å². The minimum Gasteiger partial charge on any atom is -0.480 e. The number of hydrogen-bond donors (Lipinski definition) is 2. The fourth-order valence-electron chi connectivity index (χ4n) is 1.74. The van der Waals surface area contributed by atoms with Gasteiger partial charge in [0, 0.05) is 0 Å². The second kappa shape index (κ2) is 3.74. The lowest BCUT2D eigenvalue weighted by Gasteiger charge is -2.39. The smallest absolute Gasteiger partial charge is 0.329 e. The number of carboxylic acids is 1. The highest BCUT2D eigenvalue weighted by Gasteiger charge is 2.44. The molecule has 0 aliphatic heterocycles. The van der Waals surface area contributed by atoms with Crippen LogP contribution in [0.15, 0.2) is 24.3 Å². The summed E-state index contributed by atoms with van der Waals surface area (Å²) < 4.78 is 0. The van der Waals surface area contributed by atoms with Gasteiger partial charge in [0.25, 0.3) is 0 Å². The first-order chi connectivity index (χ1) is 7.14. The molecule has 1 aromatic rings. The van der Waals surface area contributed by atoms with Crippen LogP contribution in [0.3, 0.4) is 0 Å². The Kier molecular flexibility index (Phi) is 2.57. The summed E-state index contributed by atoms with van der Waals surface area (Å²) in [4.78, 5) is 11.1. The van der Waals surface area contributed by atoms with Crippen LogP contribution in [0.4, 0.5) is 5.69 Å². The molecule has 0 bridgehead atoms. The minimum atomic E-state index is -0.801. The van der Waals surface area contributed by atoms with Gasteiger partial charge in [-0.2, -0.15) is 0 Å². The molecule has 3 nitrogen and oxygen atoms in total. The molecule has 0 radical (unpaired) electrons. The zero-order valence-electron chi connectivity index (χ0n) is 8.16. The third kappa shape index (κ3) is 1.79. The van der Waals surface area contributed by atoms with Crippen molar-refractivity contribution >= 4 is 23.3 Å². The predicted molar refractivity (Wildman–Crippen MR) is 59.3 cm³/mol. The second-order valence-electron chi connectivity index (χ2n) is 3.85. The highest BCUT2D eigenvalue weighted by atomic mass is 35.5. The number of carboxylic acid groups (broad SMARTS) is 1. The zero-order valence-corrected chi connectivity index (χ0v) is 8.92. The molecule has 15 heavy (non-hydrogen) atoms. The van der Waals surface area contributed by atoms with Gasteiger partial charge in [-0.1, -0.05) is 23.7 Å². The number of benzene rings is 1. The number of anilines is 1. The van der Waals surface area contributed by atoms with E-state index >= 15 is 0 Å². The molecule has 1 aliphatic rings. The molecule has 2 rings (SSSR count). The van der Waals surface area contributed by atoms with Crippen molar-refractivity contribution in [2.45, 2.75) is 24.8 Å². The molecule has 4 heteroatoms. The van der Waals surface area contributed by atoms with Gasteiger partial charge in [-0.3, -0.25) is 0 Å². The Labute approximate surface area is 93.1 Å². The van der Waals surface area contributed by atoms with Crippen molar-refractivity contribution in [1.82, 2.24) is 0 Å². The molecule has 1 saturated carbocycles. The highest BCUT2D eigenvalue weighted by molar-refractivity contribution is 6.33. The summed E-state index contributed by atoms with van der Waals surface area (Å²) in [6.07, 6.45) is 2.27. The summed E-state index contributed by atoms with van der Waals surface area (Å²) in [5, 5.41) is 12.7. The van der Waals surface area contributed by atoms with Gasteiger partial charge >= 0.3 is 5.97 Å². The molecule has 1 aromatic carbocycles. The van der Waals surface area contributed by atoms with Gasteiger partial charge in [-0.25, -0.2) is 4.79 Å². The molecule has 0 aromatic heterocycles. The first kappa shape index (κ1) is 10.3. The Bertz CT molecular complexity index is 388. The van der Waals surface area contributed by atoms with Crippen molar-refractivity contribution in [3.8, 4) is 0 Å². The summed E-state index contributed by atoms with van der Waals surface area (Å²) in [6.45, 7) is 0. The van der Waals surface area contributed by atoms with E-state index in [1.165, 1.54) is 0 Å². The summed E-state index contributed by atoms with van der Waals surface area (Å²) in [5.41, 5.74) is -0.105.